The van der Waals surface area contributed by atoms with Crippen LogP contribution in [-0.2, 0) is 9.47 Å². The van der Waals surface area contributed by atoms with Gasteiger partial charge in [-0.25, -0.2) is 4.79 Å². The molecule has 7 heteroatoms. The highest BCUT2D eigenvalue weighted by molar-refractivity contribution is 9.09. The van der Waals surface area contributed by atoms with E-state index in [1.54, 1.807) is 0 Å². The van der Waals surface area contributed by atoms with E-state index in [4.69, 9.17) is 9.47 Å². The fourth-order valence-corrected chi connectivity index (χ4v) is 3.40. The molecule has 0 radical (unpaired) electrons. The number of rotatable bonds is 3. The van der Waals surface area contributed by atoms with Gasteiger partial charge in [-0.3, -0.25) is 10.1 Å². The Balaban J connectivity index is 1.62. The zero-order valence-electron chi connectivity index (χ0n) is 11.8. The minimum absolute atomic E-state index is 0.0437. The predicted molar refractivity (Wildman–Crippen MR) is 82.1 cm³/mol. The highest BCUT2D eigenvalue weighted by atomic mass is 79.9. The Bertz CT molecular complexity index is 576. The number of nitro groups is 1. The van der Waals surface area contributed by atoms with Gasteiger partial charge in [0, 0.05) is 12.1 Å². The number of nitrogens with zero attached hydrogens (tertiary/aromatic N) is 1. The molecular formula is C15H16BrNO5. The molecule has 3 rings (SSSR count). The number of carbonyl (C=O) groups excluding carboxylic acids is 1. The van der Waals surface area contributed by atoms with Gasteiger partial charge in [-0.05, 0) is 37.8 Å². The van der Waals surface area contributed by atoms with Crippen LogP contribution in [0.15, 0.2) is 24.3 Å². The molecule has 2 fully saturated rings. The molecule has 1 aromatic rings. The van der Waals surface area contributed by atoms with Crippen molar-refractivity contribution in [1.82, 2.24) is 0 Å². The Morgan fingerprint density at radius 3 is 2.45 bits per heavy atom. The molecule has 0 unspecified atom stereocenters. The minimum atomic E-state index is -0.496. The number of benzene rings is 1. The van der Waals surface area contributed by atoms with E-state index >= 15 is 0 Å². The lowest BCUT2D eigenvalue weighted by Gasteiger charge is -2.24. The SMILES string of the molecule is O=C(O[C@H]1CC[C@@H]2O[C@@H]2CC[C@@H]1Br)c1ccc([N+](=O)[O-])cc1. The molecule has 1 aliphatic carbocycles. The van der Waals surface area contributed by atoms with Crippen LogP contribution in [0.5, 0.6) is 0 Å². The number of fused-ring (bicyclic) bond motifs is 1. The van der Waals surface area contributed by atoms with E-state index in [2.05, 4.69) is 15.9 Å². The van der Waals surface area contributed by atoms with Crippen molar-refractivity contribution in [3.8, 4) is 0 Å². The topological polar surface area (TPSA) is 82.0 Å². The van der Waals surface area contributed by atoms with Crippen LogP contribution in [-0.4, -0.2) is 34.0 Å². The summed E-state index contributed by atoms with van der Waals surface area (Å²) in [7, 11) is 0. The summed E-state index contributed by atoms with van der Waals surface area (Å²) in [6.07, 6.45) is 4.03. The molecule has 1 saturated carbocycles. The summed E-state index contributed by atoms with van der Waals surface area (Å²) in [6, 6.07) is 5.46. The number of esters is 1. The van der Waals surface area contributed by atoms with Gasteiger partial charge in [0.2, 0.25) is 0 Å². The van der Waals surface area contributed by atoms with Gasteiger partial charge in [0.1, 0.15) is 6.10 Å². The molecule has 1 saturated heterocycles. The zero-order chi connectivity index (χ0) is 15.7. The Hall–Kier alpha value is -1.47. The first-order chi connectivity index (χ1) is 10.5. The first-order valence-electron chi connectivity index (χ1n) is 7.29. The number of ether oxygens (including phenoxy) is 2. The number of carbonyl (C=O) groups is 1. The van der Waals surface area contributed by atoms with Crippen molar-refractivity contribution in [2.24, 2.45) is 0 Å². The van der Waals surface area contributed by atoms with Crippen LogP contribution in [0, 0.1) is 10.1 Å². The molecule has 0 spiro atoms. The van der Waals surface area contributed by atoms with Crippen LogP contribution < -0.4 is 0 Å². The van der Waals surface area contributed by atoms with Crippen molar-refractivity contribution >= 4 is 27.6 Å². The third-order valence-corrected chi connectivity index (χ3v) is 5.17. The normalized spacial score (nSPS) is 30.6. The molecule has 1 aliphatic heterocycles. The summed E-state index contributed by atoms with van der Waals surface area (Å²) in [5, 5.41) is 10.6. The standard InChI is InChI=1S/C15H16BrNO5/c16-11-5-6-13-14(21-13)8-7-12(11)22-15(18)9-1-3-10(4-2-9)17(19)20/h1-4,11-14H,5-8H2/t11-,12-,13+,14-/m0/s1. The monoisotopic (exact) mass is 369 g/mol. The largest absolute Gasteiger partial charge is 0.458 e. The van der Waals surface area contributed by atoms with Crippen molar-refractivity contribution in [3.05, 3.63) is 39.9 Å². The lowest BCUT2D eigenvalue weighted by Crippen LogP contribution is -2.29. The van der Waals surface area contributed by atoms with E-state index in [-0.39, 0.29) is 16.6 Å². The number of non-ortho nitro benzene ring substituents is 1. The number of hydrogen-bond donors (Lipinski definition) is 0. The van der Waals surface area contributed by atoms with Crippen LogP contribution in [0.1, 0.15) is 36.0 Å². The van der Waals surface area contributed by atoms with Crippen molar-refractivity contribution in [2.75, 3.05) is 0 Å². The van der Waals surface area contributed by atoms with Gasteiger partial charge in [-0.15, -0.1) is 0 Å². The van der Waals surface area contributed by atoms with Crippen LogP contribution >= 0.6 is 15.9 Å². The molecule has 0 bridgehead atoms. The summed E-state index contributed by atoms with van der Waals surface area (Å²) in [5.74, 6) is -0.446. The van der Waals surface area contributed by atoms with Gasteiger partial charge in [0.05, 0.1) is 27.5 Å². The second kappa shape index (κ2) is 6.34. The first-order valence-corrected chi connectivity index (χ1v) is 8.21. The van der Waals surface area contributed by atoms with Gasteiger partial charge >= 0.3 is 5.97 Å². The van der Waals surface area contributed by atoms with E-state index in [1.165, 1.54) is 24.3 Å². The molecule has 0 aromatic heterocycles. The fraction of sp³-hybridized carbons (Fsp3) is 0.533. The van der Waals surface area contributed by atoms with Gasteiger partial charge in [-0.1, -0.05) is 15.9 Å². The summed E-state index contributed by atoms with van der Waals surface area (Å²) >= 11 is 3.60. The second-order valence-electron chi connectivity index (χ2n) is 5.63. The minimum Gasteiger partial charge on any atom is -0.458 e. The molecule has 0 amide bonds. The number of halogens is 1. The average molecular weight is 370 g/mol. The van der Waals surface area contributed by atoms with Gasteiger partial charge in [0.25, 0.3) is 5.69 Å². The lowest BCUT2D eigenvalue weighted by molar-refractivity contribution is -0.384. The number of nitro benzene ring substituents is 1. The molecule has 0 N–H and O–H groups in total. The van der Waals surface area contributed by atoms with Crippen LogP contribution in [0.4, 0.5) is 5.69 Å². The molecular weight excluding hydrogens is 354 g/mol. The Morgan fingerprint density at radius 1 is 1.18 bits per heavy atom. The highest BCUT2D eigenvalue weighted by Crippen LogP contribution is 2.37. The van der Waals surface area contributed by atoms with Crippen LogP contribution in [0.25, 0.3) is 0 Å². The summed E-state index contributed by atoms with van der Waals surface area (Å²) in [6.45, 7) is 0. The van der Waals surface area contributed by atoms with Crippen molar-refractivity contribution in [1.29, 1.82) is 0 Å². The first kappa shape index (κ1) is 15.4. The summed E-state index contributed by atoms with van der Waals surface area (Å²) in [5.41, 5.74) is 0.283. The van der Waals surface area contributed by atoms with E-state index in [1.807, 2.05) is 0 Å². The third kappa shape index (κ3) is 3.47. The molecule has 118 valence electrons. The van der Waals surface area contributed by atoms with Gasteiger partial charge < -0.3 is 9.47 Å². The quantitative estimate of drug-likeness (QED) is 0.268. The van der Waals surface area contributed by atoms with Crippen LogP contribution in [0.3, 0.4) is 0 Å². The predicted octanol–water partition coefficient (Wildman–Crippen LogP) is 3.23. The molecule has 22 heavy (non-hydrogen) atoms. The van der Waals surface area contributed by atoms with E-state index < -0.39 is 10.9 Å². The van der Waals surface area contributed by atoms with Crippen LogP contribution in [0.2, 0.25) is 0 Å². The fourth-order valence-electron chi connectivity index (χ4n) is 2.76. The van der Waals surface area contributed by atoms with Gasteiger partial charge in [0.15, 0.2) is 0 Å². The maximum absolute atomic E-state index is 12.2. The maximum Gasteiger partial charge on any atom is 0.338 e. The number of epoxide rings is 1. The Labute approximate surface area is 136 Å². The van der Waals surface area contributed by atoms with Crippen molar-refractivity contribution < 1.29 is 19.2 Å². The average Bonchev–Trinajstić information content (AvgIpc) is 3.25. The molecule has 4 atom stereocenters. The third-order valence-electron chi connectivity index (χ3n) is 4.13. The van der Waals surface area contributed by atoms with E-state index in [9.17, 15) is 14.9 Å². The smallest absolute Gasteiger partial charge is 0.338 e. The van der Waals surface area contributed by atoms with Crippen molar-refractivity contribution in [2.45, 2.75) is 48.8 Å². The van der Waals surface area contributed by atoms with E-state index in [0.29, 0.717) is 17.8 Å². The Kier molecular flexibility index (Phi) is 4.44. The number of hydrogen-bond acceptors (Lipinski definition) is 5. The maximum atomic E-state index is 12.2. The second-order valence-corrected chi connectivity index (χ2v) is 6.81. The molecule has 6 nitrogen and oxygen atoms in total. The zero-order valence-corrected chi connectivity index (χ0v) is 13.4. The summed E-state index contributed by atoms with van der Waals surface area (Å²) in [4.78, 5) is 22.4. The van der Waals surface area contributed by atoms with Crippen molar-refractivity contribution in [3.63, 3.8) is 0 Å². The molecule has 2 aliphatic rings. The Morgan fingerprint density at radius 2 is 1.82 bits per heavy atom. The summed E-state index contributed by atoms with van der Waals surface area (Å²) < 4.78 is 11.1. The van der Waals surface area contributed by atoms with E-state index in [0.717, 1.165) is 25.7 Å². The molecule has 1 aromatic carbocycles. The van der Waals surface area contributed by atoms with Gasteiger partial charge in [-0.2, -0.15) is 0 Å². The lowest BCUT2D eigenvalue weighted by atomic mass is 9.98. The highest BCUT2D eigenvalue weighted by Gasteiger charge is 2.42. The molecule has 1 heterocycles. The number of alkyl halides is 1.